The first-order valence-electron chi connectivity index (χ1n) is 3.08. The van der Waals surface area contributed by atoms with E-state index in [1.807, 2.05) is 0 Å². The molecule has 0 spiro atoms. The molecule has 0 aliphatic carbocycles. The van der Waals surface area contributed by atoms with Crippen LogP contribution < -0.4 is 5.73 Å². The van der Waals surface area contributed by atoms with Gasteiger partial charge in [0.2, 0.25) is 0 Å². The summed E-state index contributed by atoms with van der Waals surface area (Å²) in [4.78, 5) is 10.8. The highest BCUT2D eigenvalue weighted by Crippen LogP contribution is 1.97. The van der Waals surface area contributed by atoms with Gasteiger partial charge in [0.1, 0.15) is 0 Å². The van der Waals surface area contributed by atoms with Crippen LogP contribution in [0.4, 0.5) is 0 Å². The van der Waals surface area contributed by atoms with Crippen molar-refractivity contribution >= 4 is 5.97 Å². The molecule has 1 aromatic rings. The molecule has 2 N–H and O–H groups in total. The van der Waals surface area contributed by atoms with Crippen molar-refractivity contribution in [1.82, 2.24) is 9.78 Å². The molecule has 0 aliphatic heterocycles. The molecule has 0 saturated carbocycles. The fourth-order valence-corrected chi connectivity index (χ4v) is 0.674. The van der Waals surface area contributed by atoms with Gasteiger partial charge in [-0.2, -0.15) is 5.10 Å². The van der Waals surface area contributed by atoms with Crippen molar-refractivity contribution in [2.75, 3.05) is 7.11 Å². The molecule has 0 bridgehead atoms. The summed E-state index contributed by atoms with van der Waals surface area (Å²) < 4.78 is 5.74. The van der Waals surface area contributed by atoms with E-state index < -0.39 is 12.1 Å². The zero-order valence-corrected chi connectivity index (χ0v) is 6.10. The van der Waals surface area contributed by atoms with Gasteiger partial charge in [-0.3, -0.25) is 0 Å². The molecular formula is C6H9N3O2. The van der Waals surface area contributed by atoms with E-state index in [4.69, 9.17) is 5.73 Å². The second-order valence-electron chi connectivity index (χ2n) is 1.95. The first kappa shape index (κ1) is 7.74. The van der Waals surface area contributed by atoms with E-state index in [9.17, 15) is 4.79 Å². The summed E-state index contributed by atoms with van der Waals surface area (Å²) in [6, 6.07) is 1.68. The minimum Gasteiger partial charge on any atom is -0.466 e. The summed E-state index contributed by atoms with van der Waals surface area (Å²) in [5.74, 6) is -0.506. The van der Waals surface area contributed by atoms with Gasteiger partial charge in [-0.25, -0.2) is 9.48 Å². The number of nitrogens with two attached hydrogens (primary N) is 1. The lowest BCUT2D eigenvalue weighted by molar-refractivity contribution is -0.144. The molecule has 1 heterocycles. The lowest BCUT2D eigenvalue weighted by atomic mass is 10.5. The monoisotopic (exact) mass is 155 g/mol. The van der Waals surface area contributed by atoms with Gasteiger partial charge >= 0.3 is 5.97 Å². The predicted octanol–water partition coefficient (Wildman–Crippen LogP) is -0.487. The third-order valence-electron chi connectivity index (χ3n) is 1.25. The summed E-state index contributed by atoms with van der Waals surface area (Å²) in [6.45, 7) is 0. The lowest BCUT2D eigenvalue weighted by Gasteiger charge is -2.08. The average molecular weight is 155 g/mol. The van der Waals surface area contributed by atoms with Crippen LogP contribution in [-0.4, -0.2) is 22.9 Å². The molecule has 0 fully saturated rings. The van der Waals surface area contributed by atoms with Gasteiger partial charge in [-0.05, 0) is 6.07 Å². The van der Waals surface area contributed by atoms with E-state index >= 15 is 0 Å². The zero-order chi connectivity index (χ0) is 8.27. The second-order valence-corrected chi connectivity index (χ2v) is 1.95. The summed E-state index contributed by atoms with van der Waals surface area (Å²) in [7, 11) is 1.28. The highest BCUT2D eigenvalue weighted by Gasteiger charge is 2.14. The van der Waals surface area contributed by atoms with Gasteiger partial charge in [0.05, 0.1) is 7.11 Å². The Kier molecular flexibility index (Phi) is 2.22. The Morgan fingerprint density at radius 2 is 2.55 bits per heavy atom. The third-order valence-corrected chi connectivity index (χ3v) is 1.25. The number of rotatable bonds is 2. The number of hydrogen-bond donors (Lipinski definition) is 1. The Morgan fingerprint density at radius 1 is 1.82 bits per heavy atom. The first-order valence-corrected chi connectivity index (χ1v) is 3.08. The fraction of sp³-hybridized carbons (Fsp3) is 0.333. The largest absolute Gasteiger partial charge is 0.466 e. The molecule has 1 aromatic heterocycles. The van der Waals surface area contributed by atoms with Crippen molar-refractivity contribution in [2.24, 2.45) is 5.73 Å². The molecule has 0 aliphatic rings. The third kappa shape index (κ3) is 1.56. The van der Waals surface area contributed by atoms with Crippen LogP contribution in [0.3, 0.4) is 0 Å². The van der Waals surface area contributed by atoms with Crippen LogP contribution >= 0.6 is 0 Å². The van der Waals surface area contributed by atoms with Crippen molar-refractivity contribution in [2.45, 2.75) is 6.17 Å². The SMILES string of the molecule is COC(=O)C(N)n1cccn1. The van der Waals surface area contributed by atoms with Gasteiger partial charge in [0.15, 0.2) is 6.17 Å². The number of carbonyl (C=O) groups excluding carboxylic acids is 1. The fourth-order valence-electron chi connectivity index (χ4n) is 0.674. The Morgan fingerprint density at radius 3 is 3.00 bits per heavy atom. The number of nitrogens with zero attached hydrogens (tertiary/aromatic N) is 2. The highest BCUT2D eigenvalue weighted by atomic mass is 16.5. The minimum absolute atomic E-state index is 0.506. The Bertz CT molecular complexity index is 232. The molecule has 1 rings (SSSR count). The Balaban J connectivity index is 2.70. The van der Waals surface area contributed by atoms with Crippen LogP contribution in [0.5, 0.6) is 0 Å². The van der Waals surface area contributed by atoms with E-state index in [0.29, 0.717) is 0 Å². The van der Waals surface area contributed by atoms with Crippen LogP contribution in [0.1, 0.15) is 6.17 Å². The van der Waals surface area contributed by atoms with Gasteiger partial charge in [-0.15, -0.1) is 0 Å². The molecule has 0 aromatic carbocycles. The van der Waals surface area contributed by atoms with Gasteiger partial charge in [0, 0.05) is 12.4 Å². The second kappa shape index (κ2) is 3.16. The molecular weight excluding hydrogens is 146 g/mol. The van der Waals surface area contributed by atoms with Crippen LogP contribution in [-0.2, 0) is 9.53 Å². The molecule has 1 unspecified atom stereocenters. The molecule has 0 amide bonds. The van der Waals surface area contributed by atoms with E-state index in [0.717, 1.165) is 0 Å². The maximum absolute atomic E-state index is 10.8. The van der Waals surface area contributed by atoms with Crippen LogP contribution in [0.15, 0.2) is 18.5 Å². The van der Waals surface area contributed by atoms with Crippen molar-refractivity contribution in [1.29, 1.82) is 0 Å². The quantitative estimate of drug-likeness (QED) is 0.585. The number of aromatic nitrogens is 2. The van der Waals surface area contributed by atoms with Crippen molar-refractivity contribution < 1.29 is 9.53 Å². The first-order chi connectivity index (χ1) is 5.25. The van der Waals surface area contributed by atoms with E-state index in [2.05, 4.69) is 9.84 Å². The number of esters is 1. The normalized spacial score (nSPS) is 12.5. The van der Waals surface area contributed by atoms with Crippen molar-refractivity contribution in [3.63, 3.8) is 0 Å². The van der Waals surface area contributed by atoms with E-state index in [1.165, 1.54) is 11.8 Å². The Hall–Kier alpha value is -1.36. The molecule has 5 nitrogen and oxygen atoms in total. The standard InChI is InChI=1S/C6H9N3O2/c1-11-6(10)5(7)9-4-2-3-8-9/h2-5H,7H2,1H3. The van der Waals surface area contributed by atoms with E-state index in [-0.39, 0.29) is 0 Å². The maximum Gasteiger partial charge on any atom is 0.345 e. The topological polar surface area (TPSA) is 70.1 Å². The molecule has 0 saturated heterocycles. The molecule has 60 valence electrons. The minimum atomic E-state index is -0.838. The van der Waals surface area contributed by atoms with Crippen LogP contribution in [0.2, 0.25) is 0 Å². The summed E-state index contributed by atoms with van der Waals surface area (Å²) in [5, 5.41) is 3.78. The van der Waals surface area contributed by atoms with Gasteiger partial charge in [-0.1, -0.05) is 0 Å². The number of ether oxygens (including phenoxy) is 1. The molecule has 1 atom stereocenters. The maximum atomic E-state index is 10.8. The molecule has 5 heteroatoms. The van der Waals surface area contributed by atoms with Crippen molar-refractivity contribution in [3.05, 3.63) is 18.5 Å². The summed E-state index contributed by atoms with van der Waals surface area (Å²) >= 11 is 0. The number of hydrogen-bond acceptors (Lipinski definition) is 4. The predicted molar refractivity (Wildman–Crippen MR) is 37.5 cm³/mol. The summed E-state index contributed by atoms with van der Waals surface area (Å²) in [5.41, 5.74) is 5.42. The lowest BCUT2D eigenvalue weighted by Crippen LogP contribution is -2.28. The smallest absolute Gasteiger partial charge is 0.345 e. The summed E-state index contributed by atoms with van der Waals surface area (Å²) in [6.07, 6.45) is 2.31. The Labute approximate surface area is 63.7 Å². The van der Waals surface area contributed by atoms with Crippen LogP contribution in [0.25, 0.3) is 0 Å². The molecule has 0 radical (unpaired) electrons. The van der Waals surface area contributed by atoms with Gasteiger partial charge in [0.25, 0.3) is 0 Å². The van der Waals surface area contributed by atoms with E-state index in [1.54, 1.807) is 18.5 Å². The molecule has 11 heavy (non-hydrogen) atoms. The zero-order valence-electron chi connectivity index (χ0n) is 6.10. The highest BCUT2D eigenvalue weighted by molar-refractivity contribution is 5.73. The van der Waals surface area contributed by atoms with Gasteiger partial charge < -0.3 is 10.5 Å². The van der Waals surface area contributed by atoms with Crippen molar-refractivity contribution in [3.8, 4) is 0 Å². The number of methoxy groups -OCH3 is 1. The average Bonchev–Trinajstić information content (AvgIpc) is 2.53. The van der Waals surface area contributed by atoms with Crippen LogP contribution in [0, 0.1) is 0 Å². The number of carbonyl (C=O) groups is 1.